The number of aryl methyl sites for hydroxylation is 1. The van der Waals surface area contributed by atoms with Gasteiger partial charge in [-0.1, -0.05) is 18.2 Å². The third kappa shape index (κ3) is 3.81. The molecule has 0 aliphatic carbocycles. The number of ether oxygens (including phenoxy) is 1. The van der Waals surface area contributed by atoms with E-state index in [0.717, 1.165) is 40.3 Å². The van der Waals surface area contributed by atoms with Gasteiger partial charge in [0.2, 0.25) is 0 Å². The van der Waals surface area contributed by atoms with Crippen molar-refractivity contribution in [3.8, 4) is 17.0 Å². The van der Waals surface area contributed by atoms with E-state index in [1.54, 1.807) is 0 Å². The number of rotatable bonds is 7. The summed E-state index contributed by atoms with van der Waals surface area (Å²) >= 11 is 0. The molecule has 0 fully saturated rings. The lowest BCUT2D eigenvalue weighted by Gasteiger charge is -2.14. The molecule has 4 rings (SSSR count). The zero-order valence-electron chi connectivity index (χ0n) is 17.2. The molecule has 2 heterocycles. The first-order valence-electron chi connectivity index (χ1n) is 9.89. The second-order valence-electron chi connectivity index (χ2n) is 7.46. The number of allylic oxidation sites excluding steroid dienone is 1. The number of fused-ring (bicyclic) bond motifs is 1. The van der Waals surface area contributed by atoms with Gasteiger partial charge in [-0.15, -0.1) is 6.58 Å². The highest BCUT2D eigenvalue weighted by atomic mass is 16.5. The van der Waals surface area contributed by atoms with Gasteiger partial charge in [0.05, 0.1) is 16.7 Å². The summed E-state index contributed by atoms with van der Waals surface area (Å²) in [4.78, 5) is 4.76. The number of hydrogen-bond donors (Lipinski definition) is 0. The van der Waals surface area contributed by atoms with Gasteiger partial charge in [-0.3, -0.25) is 4.68 Å². The van der Waals surface area contributed by atoms with Crippen LogP contribution in [0.15, 0.2) is 67.4 Å². The van der Waals surface area contributed by atoms with Crippen molar-refractivity contribution in [2.45, 2.75) is 32.9 Å². The van der Waals surface area contributed by atoms with Gasteiger partial charge in [-0.2, -0.15) is 5.10 Å². The Morgan fingerprint density at radius 3 is 2.59 bits per heavy atom. The lowest BCUT2D eigenvalue weighted by molar-refractivity contribution is 0.287. The van der Waals surface area contributed by atoms with Crippen molar-refractivity contribution in [2.24, 2.45) is 7.05 Å². The number of benzene rings is 2. The second kappa shape index (κ2) is 7.95. The monoisotopic (exact) mass is 386 g/mol. The molecule has 0 bridgehead atoms. The summed E-state index contributed by atoms with van der Waals surface area (Å²) in [6.45, 7) is 8.60. The third-order valence-corrected chi connectivity index (χ3v) is 4.95. The molecule has 5 nitrogen and oxygen atoms in total. The van der Waals surface area contributed by atoms with Crippen LogP contribution in [0.5, 0.6) is 5.75 Å². The lowest BCUT2D eigenvalue weighted by atomic mass is 10.1. The van der Waals surface area contributed by atoms with Gasteiger partial charge in [-0.05, 0) is 56.7 Å². The van der Waals surface area contributed by atoms with Gasteiger partial charge in [0, 0.05) is 30.4 Å². The standard InChI is InChI=1S/C24H26N4O/c1-5-8-19-15-27(4)26-24(19)18-11-13-20(14-12-18)29-16-23-25-21-9-6-7-10-22(21)28(23)17(2)3/h5-7,9-15,17H,1,8,16H2,2-4H3. The van der Waals surface area contributed by atoms with E-state index >= 15 is 0 Å². The minimum Gasteiger partial charge on any atom is -0.486 e. The molecule has 0 spiro atoms. The fourth-order valence-electron chi connectivity index (χ4n) is 3.71. The van der Waals surface area contributed by atoms with Crippen LogP contribution in [-0.4, -0.2) is 19.3 Å². The predicted molar refractivity (Wildman–Crippen MR) is 117 cm³/mol. The van der Waals surface area contributed by atoms with Crippen molar-refractivity contribution >= 4 is 11.0 Å². The highest BCUT2D eigenvalue weighted by molar-refractivity contribution is 5.76. The molecule has 148 valence electrons. The molecule has 0 aliphatic rings. The van der Waals surface area contributed by atoms with E-state index in [1.807, 2.05) is 54.3 Å². The number of imidazole rings is 1. The van der Waals surface area contributed by atoms with Crippen molar-refractivity contribution in [2.75, 3.05) is 0 Å². The van der Waals surface area contributed by atoms with E-state index < -0.39 is 0 Å². The molecule has 29 heavy (non-hydrogen) atoms. The van der Waals surface area contributed by atoms with E-state index in [2.05, 4.69) is 48.3 Å². The molecule has 5 heteroatoms. The highest BCUT2D eigenvalue weighted by Crippen LogP contribution is 2.26. The number of aromatic nitrogens is 4. The first-order valence-corrected chi connectivity index (χ1v) is 9.89. The number of hydrogen-bond acceptors (Lipinski definition) is 3. The zero-order chi connectivity index (χ0) is 20.4. The molecular weight excluding hydrogens is 360 g/mol. The Morgan fingerprint density at radius 1 is 1.10 bits per heavy atom. The summed E-state index contributed by atoms with van der Waals surface area (Å²) < 4.78 is 10.1. The molecule has 2 aromatic heterocycles. The SMILES string of the molecule is C=CCc1cn(C)nc1-c1ccc(OCc2nc3ccccc3n2C(C)C)cc1. The van der Waals surface area contributed by atoms with Gasteiger partial charge >= 0.3 is 0 Å². The normalized spacial score (nSPS) is 11.3. The second-order valence-corrected chi connectivity index (χ2v) is 7.46. The Labute approximate surface area is 171 Å². The van der Waals surface area contributed by atoms with Crippen LogP contribution in [-0.2, 0) is 20.1 Å². The molecule has 0 radical (unpaired) electrons. The Morgan fingerprint density at radius 2 is 1.86 bits per heavy atom. The summed E-state index contributed by atoms with van der Waals surface area (Å²) in [7, 11) is 1.94. The van der Waals surface area contributed by atoms with E-state index in [0.29, 0.717) is 12.6 Å². The van der Waals surface area contributed by atoms with Gasteiger partial charge in [0.15, 0.2) is 0 Å². The van der Waals surface area contributed by atoms with Gasteiger partial charge in [0.1, 0.15) is 18.2 Å². The van der Waals surface area contributed by atoms with Crippen LogP contribution in [0.1, 0.15) is 31.3 Å². The predicted octanol–water partition coefficient (Wildman–Crippen LogP) is 5.33. The molecule has 4 aromatic rings. The van der Waals surface area contributed by atoms with Crippen LogP contribution in [0.4, 0.5) is 0 Å². The maximum Gasteiger partial charge on any atom is 0.148 e. The van der Waals surface area contributed by atoms with Gasteiger partial charge in [-0.25, -0.2) is 4.98 Å². The Bertz CT molecular complexity index is 1140. The highest BCUT2D eigenvalue weighted by Gasteiger charge is 2.14. The molecule has 0 saturated heterocycles. The first-order chi connectivity index (χ1) is 14.1. The van der Waals surface area contributed by atoms with E-state index in [9.17, 15) is 0 Å². The van der Waals surface area contributed by atoms with Crippen molar-refractivity contribution in [1.82, 2.24) is 19.3 Å². The van der Waals surface area contributed by atoms with Crippen LogP contribution in [0.25, 0.3) is 22.3 Å². The van der Waals surface area contributed by atoms with Crippen LogP contribution in [0.3, 0.4) is 0 Å². The molecule has 0 amide bonds. The van der Waals surface area contributed by atoms with Crippen LogP contribution < -0.4 is 4.74 Å². The van der Waals surface area contributed by atoms with Crippen LogP contribution in [0.2, 0.25) is 0 Å². The fraction of sp³-hybridized carbons (Fsp3) is 0.250. The van der Waals surface area contributed by atoms with Gasteiger partial charge < -0.3 is 9.30 Å². The quantitative estimate of drug-likeness (QED) is 0.404. The van der Waals surface area contributed by atoms with Crippen LogP contribution in [0, 0.1) is 0 Å². The Balaban J connectivity index is 1.54. The summed E-state index contributed by atoms with van der Waals surface area (Å²) in [6, 6.07) is 16.6. The average Bonchev–Trinajstić information content (AvgIpc) is 3.27. The Hall–Kier alpha value is -3.34. The molecular formula is C24H26N4O. The summed E-state index contributed by atoms with van der Waals surface area (Å²) in [5.74, 6) is 1.75. The van der Waals surface area contributed by atoms with Crippen molar-refractivity contribution in [3.63, 3.8) is 0 Å². The van der Waals surface area contributed by atoms with Crippen molar-refractivity contribution < 1.29 is 4.74 Å². The van der Waals surface area contributed by atoms with E-state index in [-0.39, 0.29) is 0 Å². The summed E-state index contributed by atoms with van der Waals surface area (Å²) in [6.07, 6.45) is 4.74. The maximum atomic E-state index is 6.06. The molecule has 0 N–H and O–H groups in total. The number of nitrogens with zero attached hydrogens (tertiary/aromatic N) is 4. The molecule has 0 aliphatic heterocycles. The van der Waals surface area contributed by atoms with Crippen molar-refractivity contribution in [1.29, 1.82) is 0 Å². The minimum absolute atomic E-state index is 0.316. The van der Waals surface area contributed by atoms with Gasteiger partial charge in [0.25, 0.3) is 0 Å². The number of para-hydroxylation sites is 2. The summed E-state index contributed by atoms with van der Waals surface area (Å²) in [5.41, 5.74) is 5.37. The smallest absolute Gasteiger partial charge is 0.148 e. The van der Waals surface area contributed by atoms with E-state index in [4.69, 9.17) is 9.72 Å². The topological polar surface area (TPSA) is 44.9 Å². The summed E-state index contributed by atoms with van der Waals surface area (Å²) in [5, 5.41) is 4.59. The van der Waals surface area contributed by atoms with Crippen molar-refractivity contribution in [3.05, 3.63) is 78.8 Å². The lowest BCUT2D eigenvalue weighted by Crippen LogP contribution is -2.09. The maximum absolute atomic E-state index is 6.06. The van der Waals surface area contributed by atoms with Crippen LogP contribution >= 0.6 is 0 Å². The third-order valence-electron chi connectivity index (χ3n) is 4.95. The molecule has 0 unspecified atom stereocenters. The molecule has 2 aromatic carbocycles. The van der Waals surface area contributed by atoms with E-state index in [1.165, 1.54) is 5.56 Å². The fourth-order valence-corrected chi connectivity index (χ4v) is 3.71. The molecule has 0 atom stereocenters. The Kier molecular flexibility index (Phi) is 5.21. The average molecular weight is 386 g/mol. The minimum atomic E-state index is 0.316. The largest absolute Gasteiger partial charge is 0.486 e. The first kappa shape index (κ1) is 19.0. The molecule has 0 saturated carbocycles. The zero-order valence-corrected chi connectivity index (χ0v) is 17.2.